The number of pyridine rings is 1. The van der Waals surface area contributed by atoms with Gasteiger partial charge in [0.25, 0.3) is 0 Å². The van der Waals surface area contributed by atoms with E-state index >= 15 is 0 Å². The number of carbonyl (C=O) groups is 1. The van der Waals surface area contributed by atoms with Crippen molar-refractivity contribution in [3.05, 3.63) is 47.0 Å². The molecule has 2 aliphatic heterocycles. The Bertz CT molecular complexity index is 1460. The van der Waals surface area contributed by atoms with E-state index in [-0.39, 0.29) is 5.91 Å². The number of nitrogens with zero attached hydrogens (tertiary/aromatic N) is 3. The molecule has 40 heavy (non-hydrogen) atoms. The lowest BCUT2D eigenvalue weighted by molar-refractivity contribution is -0.116. The van der Waals surface area contributed by atoms with E-state index in [0.29, 0.717) is 19.6 Å². The molecular weight excluding hydrogens is 544 g/mol. The molecule has 2 aliphatic rings. The first-order chi connectivity index (χ1) is 19.7. The number of morpholine rings is 1. The zero-order chi connectivity index (χ0) is 27.3. The van der Waals surface area contributed by atoms with Gasteiger partial charge in [0, 0.05) is 68.5 Å². The summed E-state index contributed by atoms with van der Waals surface area (Å²) in [6, 6.07) is 10.6. The number of rotatable bonds is 10. The van der Waals surface area contributed by atoms with E-state index in [4.69, 9.17) is 19.4 Å². The highest BCUT2D eigenvalue weighted by Gasteiger charge is 2.25. The van der Waals surface area contributed by atoms with Crippen LogP contribution in [0, 0.1) is 0 Å². The molecule has 9 nitrogen and oxygen atoms in total. The van der Waals surface area contributed by atoms with Crippen molar-refractivity contribution in [3.8, 4) is 21.7 Å². The van der Waals surface area contributed by atoms with Gasteiger partial charge in [-0.1, -0.05) is 6.07 Å². The summed E-state index contributed by atoms with van der Waals surface area (Å²) in [6.45, 7) is 6.96. The van der Waals surface area contributed by atoms with Crippen molar-refractivity contribution < 1.29 is 14.3 Å². The normalized spacial score (nSPS) is 15.4. The topological polar surface area (TPSA) is 101 Å². The molecule has 3 aromatic heterocycles. The van der Waals surface area contributed by atoms with Crippen LogP contribution >= 0.6 is 22.7 Å². The average molecular weight is 579 g/mol. The third-order valence-corrected chi connectivity index (χ3v) is 9.39. The highest BCUT2D eigenvalue weighted by Crippen LogP contribution is 2.45. The van der Waals surface area contributed by atoms with Crippen molar-refractivity contribution >= 4 is 49.6 Å². The van der Waals surface area contributed by atoms with Gasteiger partial charge in [0.1, 0.15) is 15.8 Å². The Hall–Kier alpha value is -2.93. The number of fused-ring (bicyclic) bond motifs is 2. The minimum absolute atomic E-state index is 0.00847. The third-order valence-electron chi connectivity index (χ3n) is 7.21. The van der Waals surface area contributed by atoms with Gasteiger partial charge in [0.05, 0.1) is 30.0 Å². The smallest absolute Gasteiger partial charge is 0.226 e. The predicted molar refractivity (Wildman–Crippen MR) is 163 cm³/mol. The summed E-state index contributed by atoms with van der Waals surface area (Å²) in [5, 5.41) is 11.8. The van der Waals surface area contributed by atoms with Gasteiger partial charge in [0.2, 0.25) is 5.91 Å². The van der Waals surface area contributed by atoms with Crippen LogP contribution in [0.1, 0.15) is 16.9 Å². The van der Waals surface area contributed by atoms with Crippen LogP contribution in [0.5, 0.6) is 0 Å². The monoisotopic (exact) mass is 578 g/mol. The van der Waals surface area contributed by atoms with Gasteiger partial charge in [-0.05, 0) is 48.4 Å². The van der Waals surface area contributed by atoms with Gasteiger partial charge >= 0.3 is 0 Å². The molecule has 11 heteroatoms. The van der Waals surface area contributed by atoms with Gasteiger partial charge in [-0.25, -0.2) is 9.97 Å². The number of aromatic nitrogens is 2. The van der Waals surface area contributed by atoms with Gasteiger partial charge in [-0.2, -0.15) is 0 Å². The Labute approximate surface area is 241 Å². The van der Waals surface area contributed by atoms with E-state index < -0.39 is 0 Å². The van der Waals surface area contributed by atoms with Crippen LogP contribution in [0.4, 0.5) is 10.8 Å². The highest BCUT2D eigenvalue weighted by molar-refractivity contribution is 7.23. The first-order valence-electron chi connectivity index (χ1n) is 13.7. The number of amides is 1. The number of nitrogens with one attached hydrogen (secondary N) is 3. The standard InChI is InChI=1S/C29H34N6O3S2/c1-37-13-10-30-9-7-26(36)34-29-27(21-6-8-31-18-24(21)40-29)28-33-22-4-2-19(16-23(22)39-28)20-3-5-25(32-17-20)35-11-14-38-15-12-35/h2-5,16-17,30-31H,6-15,18H2,1H3,(H,34,36). The average Bonchev–Trinajstić information content (AvgIpc) is 3.57. The molecule has 0 unspecified atom stereocenters. The Morgan fingerprint density at radius 2 is 2.02 bits per heavy atom. The van der Waals surface area contributed by atoms with Crippen molar-refractivity contribution in [3.63, 3.8) is 0 Å². The van der Waals surface area contributed by atoms with Crippen LogP contribution in [0.25, 0.3) is 31.9 Å². The number of methoxy groups -OCH3 is 1. The number of carbonyl (C=O) groups excluding carboxylic acids is 1. The molecule has 1 amide bonds. The number of hydrogen-bond acceptors (Lipinski definition) is 10. The van der Waals surface area contributed by atoms with Crippen molar-refractivity contribution in [2.24, 2.45) is 0 Å². The Morgan fingerprint density at radius 3 is 2.85 bits per heavy atom. The molecule has 3 N–H and O–H groups in total. The second-order valence-corrected chi connectivity index (χ2v) is 12.0. The summed E-state index contributed by atoms with van der Waals surface area (Å²) < 4.78 is 11.6. The summed E-state index contributed by atoms with van der Waals surface area (Å²) in [7, 11) is 1.67. The minimum atomic E-state index is 0.00847. The molecule has 0 bridgehead atoms. The second kappa shape index (κ2) is 12.7. The Kier molecular flexibility index (Phi) is 8.66. The molecule has 1 fully saturated rings. The van der Waals surface area contributed by atoms with Gasteiger partial charge in [-0.3, -0.25) is 4.79 Å². The molecule has 0 atom stereocenters. The highest BCUT2D eigenvalue weighted by atomic mass is 32.1. The van der Waals surface area contributed by atoms with Crippen LogP contribution < -0.4 is 20.9 Å². The first-order valence-corrected chi connectivity index (χ1v) is 15.4. The molecule has 1 aromatic carbocycles. The molecule has 0 radical (unpaired) electrons. The summed E-state index contributed by atoms with van der Waals surface area (Å²) in [6.07, 6.45) is 3.29. The Balaban J connectivity index is 1.24. The van der Waals surface area contributed by atoms with E-state index in [2.05, 4.69) is 51.2 Å². The van der Waals surface area contributed by atoms with Gasteiger partial charge < -0.3 is 30.3 Å². The maximum Gasteiger partial charge on any atom is 0.226 e. The number of thiazole rings is 1. The molecular formula is C29H34N6O3S2. The van der Waals surface area contributed by atoms with Crippen LogP contribution in [0.3, 0.4) is 0 Å². The van der Waals surface area contributed by atoms with E-state index in [1.165, 1.54) is 10.4 Å². The van der Waals surface area contributed by atoms with Crippen LogP contribution in [-0.2, 0) is 27.2 Å². The van der Waals surface area contributed by atoms with Crippen LogP contribution in [0.2, 0.25) is 0 Å². The Morgan fingerprint density at radius 1 is 1.15 bits per heavy atom. The lowest BCUT2D eigenvalue weighted by Crippen LogP contribution is -2.36. The van der Waals surface area contributed by atoms with E-state index in [1.54, 1.807) is 29.8 Å². The lowest BCUT2D eigenvalue weighted by atomic mass is 10.0. The number of hydrogen-bond donors (Lipinski definition) is 3. The molecule has 0 spiro atoms. The minimum Gasteiger partial charge on any atom is -0.383 e. The summed E-state index contributed by atoms with van der Waals surface area (Å²) in [4.78, 5) is 26.1. The zero-order valence-electron chi connectivity index (χ0n) is 22.6. The summed E-state index contributed by atoms with van der Waals surface area (Å²) in [5.74, 6) is 0.999. The maximum atomic E-state index is 12.8. The van der Waals surface area contributed by atoms with Crippen LogP contribution in [-0.4, -0.2) is 75.5 Å². The largest absolute Gasteiger partial charge is 0.383 e. The summed E-state index contributed by atoms with van der Waals surface area (Å²) >= 11 is 3.35. The van der Waals surface area contributed by atoms with Crippen molar-refractivity contribution in [2.45, 2.75) is 19.4 Å². The molecule has 1 saturated heterocycles. The van der Waals surface area contributed by atoms with Crippen molar-refractivity contribution in [2.75, 3.05) is 69.9 Å². The SMILES string of the molecule is COCCNCCC(=O)Nc1sc2c(c1-c1nc3ccc(-c4ccc(N5CCOCC5)nc4)cc3s1)CCNC2. The van der Waals surface area contributed by atoms with E-state index in [1.807, 2.05) is 6.20 Å². The van der Waals surface area contributed by atoms with Crippen molar-refractivity contribution in [1.29, 1.82) is 0 Å². The van der Waals surface area contributed by atoms with Crippen molar-refractivity contribution in [1.82, 2.24) is 20.6 Å². The maximum absolute atomic E-state index is 12.8. The van der Waals surface area contributed by atoms with E-state index in [0.717, 1.165) is 95.1 Å². The third kappa shape index (κ3) is 6.04. The summed E-state index contributed by atoms with van der Waals surface area (Å²) in [5.41, 5.74) is 5.56. The first kappa shape index (κ1) is 27.3. The van der Waals surface area contributed by atoms with Gasteiger partial charge in [0.15, 0.2) is 0 Å². The predicted octanol–water partition coefficient (Wildman–Crippen LogP) is 4.13. The number of ether oxygens (including phenoxy) is 2. The fraction of sp³-hybridized carbons (Fsp3) is 0.414. The molecule has 4 aromatic rings. The van der Waals surface area contributed by atoms with Gasteiger partial charge in [-0.15, -0.1) is 22.7 Å². The van der Waals surface area contributed by atoms with E-state index in [9.17, 15) is 4.79 Å². The number of thiophene rings is 1. The second-order valence-electron chi connectivity index (χ2n) is 9.88. The molecule has 5 heterocycles. The molecule has 6 rings (SSSR count). The molecule has 210 valence electrons. The molecule has 0 aliphatic carbocycles. The van der Waals surface area contributed by atoms with Crippen LogP contribution in [0.15, 0.2) is 36.5 Å². The lowest BCUT2D eigenvalue weighted by Gasteiger charge is -2.27. The fourth-order valence-electron chi connectivity index (χ4n) is 5.09. The molecule has 0 saturated carbocycles. The fourth-order valence-corrected chi connectivity index (χ4v) is 7.47. The zero-order valence-corrected chi connectivity index (χ0v) is 24.3. The quantitative estimate of drug-likeness (QED) is 0.242. The number of benzene rings is 1. The number of anilines is 2.